The molecule has 4 atom stereocenters. The van der Waals surface area contributed by atoms with E-state index in [2.05, 4.69) is 31.2 Å². The molecule has 27 heavy (non-hydrogen) atoms. The number of carbonyl (C=O) groups is 2. The maximum absolute atomic E-state index is 12.6. The lowest BCUT2D eigenvalue weighted by atomic mass is 9.55. The Balaban J connectivity index is 1.73. The zero-order chi connectivity index (χ0) is 19.2. The number of methoxy groups -OCH3 is 1. The smallest absolute Gasteiger partial charge is 0.217 e. The molecule has 3 aliphatic rings. The Bertz CT molecular complexity index is 812. The fourth-order valence-corrected chi connectivity index (χ4v) is 5.92. The first-order valence-corrected chi connectivity index (χ1v) is 10.1. The SMILES string of the molecule is COc1ccc2c(c1)C=C(CCCC(N)=O)[C@@H]1[C@@H]2CC[C@]2(C)C(=O)CC[C@@H]12. The molecule has 3 aliphatic carbocycles. The van der Waals surface area contributed by atoms with Crippen molar-refractivity contribution in [2.24, 2.45) is 23.0 Å². The fourth-order valence-electron chi connectivity index (χ4n) is 5.92. The van der Waals surface area contributed by atoms with E-state index >= 15 is 0 Å². The molecule has 0 heterocycles. The highest BCUT2D eigenvalue weighted by Crippen LogP contribution is 2.61. The predicted molar refractivity (Wildman–Crippen MR) is 105 cm³/mol. The van der Waals surface area contributed by atoms with Crippen LogP contribution in [0.15, 0.2) is 23.8 Å². The number of carbonyl (C=O) groups excluding carboxylic acids is 2. The van der Waals surface area contributed by atoms with Gasteiger partial charge in [0.25, 0.3) is 0 Å². The molecule has 0 saturated heterocycles. The Labute approximate surface area is 161 Å². The molecule has 0 unspecified atom stereocenters. The molecule has 2 saturated carbocycles. The summed E-state index contributed by atoms with van der Waals surface area (Å²) in [6.45, 7) is 2.19. The van der Waals surface area contributed by atoms with Gasteiger partial charge in [-0.2, -0.15) is 0 Å². The number of allylic oxidation sites excluding steroid dienone is 1. The Kier molecular flexibility index (Phi) is 4.61. The number of rotatable bonds is 5. The number of nitrogens with two attached hydrogens (primary N) is 1. The van der Waals surface area contributed by atoms with Crippen LogP contribution in [0.5, 0.6) is 5.75 Å². The minimum absolute atomic E-state index is 0.173. The highest BCUT2D eigenvalue weighted by atomic mass is 16.5. The minimum Gasteiger partial charge on any atom is -0.497 e. The van der Waals surface area contributed by atoms with Crippen molar-refractivity contribution in [2.75, 3.05) is 7.11 Å². The van der Waals surface area contributed by atoms with Crippen LogP contribution in [0.1, 0.15) is 68.9 Å². The van der Waals surface area contributed by atoms with Crippen LogP contribution in [0, 0.1) is 17.3 Å². The number of hydrogen-bond donors (Lipinski definition) is 1. The van der Waals surface area contributed by atoms with Gasteiger partial charge in [0.05, 0.1) is 7.11 Å². The highest BCUT2D eigenvalue weighted by molar-refractivity contribution is 5.87. The lowest BCUT2D eigenvalue weighted by Crippen LogP contribution is -2.42. The van der Waals surface area contributed by atoms with Gasteiger partial charge >= 0.3 is 0 Å². The first kappa shape index (κ1) is 18.3. The Morgan fingerprint density at radius 2 is 2.15 bits per heavy atom. The zero-order valence-electron chi connectivity index (χ0n) is 16.3. The molecule has 4 rings (SSSR count). The second-order valence-corrected chi connectivity index (χ2v) is 8.69. The van der Waals surface area contributed by atoms with Crippen molar-refractivity contribution >= 4 is 17.8 Å². The van der Waals surface area contributed by atoms with E-state index < -0.39 is 0 Å². The number of hydrogen-bond acceptors (Lipinski definition) is 3. The predicted octanol–water partition coefficient (Wildman–Crippen LogP) is 4.23. The summed E-state index contributed by atoms with van der Waals surface area (Å²) in [5.41, 5.74) is 9.21. The second kappa shape index (κ2) is 6.81. The van der Waals surface area contributed by atoms with Gasteiger partial charge in [0.2, 0.25) is 5.91 Å². The lowest BCUT2D eigenvalue weighted by molar-refractivity contribution is -0.128. The number of ketones is 1. The van der Waals surface area contributed by atoms with Crippen LogP contribution < -0.4 is 10.5 Å². The Morgan fingerprint density at radius 3 is 2.89 bits per heavy atom. The van der Waals surface area contributed by atoms with Crippen molar-refractivity contribution in [3.8, 4) is 5.75 Å². The number of ether oxygens (including phenoxy) is 1. The molecule has 0 radical (unpaired) electrons. The van der Waals surface area contributed by atoms with Crippen LogP contribution in [0.25, 0.3) is 6.08 Å². The summed E-state index contributed by atoms with van der Waals surface area (Å²) in [5, 5.41) is 0. The molecule has 0 aliphatic heterocycles. The molecule has 0 spiro atoms. The van der Waals surface area contributed by atoms with Crippen molar-refractivity contribution in [2.45, 2.75) is 57.8 Å². The standard InChI is InChI=1S/C23H29NO3/c1-23-11-10-18-17-7-6-16(27-2)13-15(17)12-14(4-3-5-21(24)26)22(18)19(23)8-9-20(23)25/h6-7,12-13,18-19,22H,3-5,8-11H2,1-2H3,(H2,24,26)/t18-,19+,22-,23+/m1/s1. The van der Waals surface area contributed by atoms with Gasteiger partial charge in [0.15, 0.2) is 0 Å². The summed E-state index contributed by atoms with van der Waals surface area (Å²) in [6.07, 6.45) is 8.12. The summed E-state index contributed by atoms with van der Waals surface area (Å²) in [6, 6.07) is 6.38. The first-order valence-electron chi connectivity index (χ1n) is 10.1. The van der Waals surface area contributed by atoms with E-state index in [-0.39, 0.29) is 11.3 Å². The number of amides is 1. The molecular weight excluding hydrogens is 338 g/mol. The summed E-state index contributed by atoms with van der Waals surface area (Å²) in [7, 11) is 1.70. The molecule has 144 valence electrons. The van der Waals surface area contributed by atoms with E-state index in [4.69, 9.17) is 10.5 Å². The molecule has 4 nitrogen and oxygen atoms in total. The lowest BCUT2D eigenvalue weighted by Gasteiger charge is -2.48. The van der Waals surface area contributed by atoms with Gasteiger partial charge in [0.1, 0.15) is 11.5 Å². The van der Waals surface area contributed by atoms with Crippen LogP contribution in [0.4, 0.5) is 0 Å². The molecule has 2 fully saturated rings. The van der Waals surface area contributed by atoms with Gasteiger partial charge in [-0.1, -0.05) is 24.6 Å². The van der Waals surface area contributed by atoms with Crippen molar-refractivity contribution < 1.29 is 14.3 Å². The van der Waals surface area contributed by atoms with Crippen molar-refractivity contribution in [1.29, 1.82) is 0 Å². The van der Waals surface area contributed by atoms with E-state index in [1.165, 1.54) is 16.7 Å². The monoisotopic (exact) mass is 367 g/mol. The first-order chi connectivity index (χ1) is 12.9. The van der Waals surface area contributed by atoms with Crippen LogP contribution >= 0.6 is 0 Å². The Hall–Kier alpha value is -2.10. The molecule has 0 bridgehead atoms. The van der Waals surface area contributed by atoms with Crippen LogP contribution in [0.2, 0.25) is 0 Å². The second-order valence-electron chi connectivity index (χ2n) is 8.69. The fraction of sp³-hybridized carbons (Fsp3) is 0.565. The average Bonchev–Trinajstić information content (AvgIpc) is 2.95. The number of Topliss-reactive ketones (excluding diaryl/α,β-unsaturated/α-hetero) is 1. The van der Waals surface area contributed by atoms with Crippen molar-refractivity contribution in [1.82, 2.24) is 0 Å². The summed E-state index contributed by atoms with van der Waals surface area (Å²) < 4.78 is 5.43. The normalized spacial score (nSPS) is 31.6. The summed E-state index contributed by atoms with van der Waals surface area (Å²) in [5.74, 6) is 2.36. The van der Waals surface area contributed by atoms with Gasteiger partial charge in [-0.05, 0) is 73.1 Å². The van der Waals surface area contributed by atoms with Crippen LogP contribution in [-0.4, -0.2) is 18.8 Å². The number of fused-ring (bicyclic) bond motifs is 5. The summed E-state index contributed by atoms with van der Waals surface area (Å²) in [4.78, 5) is 23.9. The zero-order valence-corrected chi connectivity index (χ0v) is 16.3. The molecule has 1 aromatic carbocycles. The van der Waals surface area contributed by atoms with Gasteiger partial charge in [0, 0.05) is 18.3 Å². The largest absolute Gasteiger partial charge is 0.497 e. The van der Waals surface area contributed by atoms with E-state index in [0.29, 0.717) is 36.4 Å². The van der Waals surface area contributed by atoms with Gasteiger partial charge < -0.3 is 10.5 Å². The molecule has 1 amide bonds. The van der Waals surface area contributed by atoms with E-state index in [1.54, 1.807) is 7.11 Å². The highest BCUT2D eigenvalue weighted by Gasteiger charge is 2.55. The van der Waals surface area contributed by atoms with Gasteiger partial charge in [-0.25, -0.2) is 0 Å². The molecule has 4 heteroatoms. The minimum atomic E-state index is -0.241. The molecule has 2 N–H and O–H groups in total. The van der Waals surface area contributed by atoms with Crippen LogP contribution in [0.3, 0.4) is 0 Å². The molecule has 1 aromatic rings. The maximum Gasteiger partial charge on any atom is 0.217 e. The van der Waals surface area contributed by atoms with E-state index in [9.17, 15) is 9.59 Å². The quantitative estimate of drug-likeness (QED) is 0.847. The third-order valence-electron chi connectivity index (χ3n) is 7.33. The van der Waals surface area contributed by atoms with Crippen molar-refractivity contribution in [3.05, 3.63) is 34.9 Å². The number of benzene rings is 1. The summed E-state index contributed by atoms with van der Waals surface area (Å²) >= 11 is 0. The van der Waals surface area contributed by atoms with E-state index in [0.717, 1.165) is 37.9 Å². The van der Waals surface area contributed by atoms with E-state index in [1.807, 2.05) is 0 Å². The number of primary amides is 1. The van der Waals surface area contributed by atoms with Crippen molar-refractivity contribution in [3.63, 3.8) is 0 Å². The third kappa shape index (κ3) is 2.99. The van der Waals surface area contributed by atoms with Gasteiger partial charge in [-0.3, -0.25) is 9.59 Å². The molecule has 0 aromatic heterocycles. The van der Waals surface area contributed by atoms with Gasteiger partial charge in [-0.15, -0.1) is 0 Å². The third-order valence-corrected chi connectivity index (χ3v) is 7.33. The average molecular weight is 367 g/mol. The molecular formula is C23H29NO3. The van der Waals surface area contributed by atoms with Crippen LogP contribution in [-0.2, 0) is 9.59 Å². The Morgan fingerprint density at radius 1 is 1.33 bits per heavy atom. The maximum atomic E-state index is 12.6. The topological polar surface area (TPSA) is 69.4 Å².